The molecule has 0 saturated carbocycles. The minimum atomic E-state index is -0.371. The van der Waals surface area contributed by atoms with E-state index in [9.17, 15) is 4.79 Å². The second kappa shape index (κ2) is 10.1. The monoisotopic (exact) mass is 352 g/mol. The Morgan fingerprint density at radius 3 is 2.08 bits per heavy atom. The van der Waals surface area contributed by atoms with Gasteiger partial charge in [-0.25, -0.2) is 4.79 Å². The van der Waals surface area contributed by atoms with Crippen LogP contribution in [0.2, 0.25) is 0 Å². The molecule has 0 fully saturated rings. The van der Waals surface area contributed by atoms with Gasteiger partial charge < -0.3 is 9.47 Å². The fourth-order valence-electron chi connectivity index (χ4n) is 2.06. The van der Waals surface area contributed by atoms with Crippen LogP contribution in [0.1, 0.15) is 25.8 Å². The van der Waals surface area contributed by atoms with Crippen LogP contribution in [-0.2, 0) is 16.0 Å². The van der Waals surface area contributed by atoms with E-state index in [1.807, 2.05) is 36.4 Å². The average molecular weight is 352 g/mol. The summed E-state index contributed by atoms with van der Waals surface area (Å²) in [5.74, 6) is 0.367. The van der Waals surface area contributed by atoms with Crippen LogP contribution in [0.15, 0.2) is 70.9 Å². The SMILES string of the molecule is C=C(C)C(=O)OCCCOc1ccc(N=Nc2ccc(CC)cc2)cc1. The highest BCUT2D eigenvalue weighted by atomic mass is 16.5. The molecule has 0 amide bonds. The summed E-state index contributed by atoms with van der Waals surface area (Å²) in [6.07, 6.45) is 1.63. The van der Waals surface area contributed by atoms with E-state index in [1.165, 1.54) is 5.56 Å². The largest absolute Gasteiger partial charge is 0.493 e. The normalized spacial score (nSPS) is 10.7. The van der Waals surface area contributed by atoms with Crippen molar-refractivity contribution in [2.75, 3.05) is 13.2 Å². The van der Waals surface area contributed by atoms with Crippen molar-refractivity contribution < 1.29 is 14.3 Å². The van der Waals surface area contributed by atoms with Crippen molar-refractivity contribution >= 4 is 17.3 Å². The van der Waals surface area contributed by atoms with E-state index in [4.69, 9.17) is 9.47 Å². The van der Waals surface area contributed by atoms with Gasteiger partial charge in [-0.1, -0.05) is 25.6 Å². The maximum atomic E-state index is 11.2. The minimum Gasteiger partial charge on any atom is -0.493 e. The molecule has 0 saturated heterocycles. The van der Waals surface area contributed by atoms with Gasteiger partial charge in [-0.3, -0.25) is 0 Å². The summed E-state index contributed by atoms with van der Waals surface area (Å²) in [7, 11) is 0. The summed E-state index contributed by atoms with van der Waals surface area (Å²) in [4.78, 5) is 11.2. The molecular formula is C21H24N2O3. The first kappa shape index (κ1) is 19.4. The molecule has 5 heteroatoms. The predicted octanol–water partition coefficient (Wildman–Crippen LogP) is 5.55. The van der Waals surface area contributed by atoms with Crippen LogP contribution < -0.4 is 4.74 Å². The van der Waals surface area contributed by atoms with E-state index in [1.54, 1.807) is 6.92 Å². The zero-order chi connectivity index (χ0) is 18.8. The van der Waals surface area contributed by atoms with E-state index < -0.39 is 0 Å². The minimum absolute atomic E-state index is 0.314. The quantitative estimate of drug-likeness (QED) is 0.257. The molecule has 0 aliphatic heterocycles. The number of aryl methyl sites for hydroxylation is 1. The number of hydrogen-bond donors (Lipinski definition) is 0. The van der Waals surface area contributed by atoms with Gasteiger partial charge in [0.25, 0.3) is 0 Å². The lowest BCUT2D eigenvalue weighted by molar-refractivity contribution is -0.139. The smallest absolute Gasteiger partial charge is 0.333 e. The lowest BCUT2D eigenvalue weighted by Crippen LogP contribution is -2.09. The molecule has 26 heavy (non-hydrogen) atoms. The maximum Gasteiger partial charge on any atom is 0.333 e. The number of hydrogen-bond acceptors (Lipinski definition) is 5. The fraction of sp³-hybridized carbons (Fsp3) is 0.286. The highest BCUT2D eigenvalue weighted by Gasteiger charge is 2.02. The molecule has 0 N–H and O–H groups in total. The standard InChI is InChI=1S/C21H24N2O3/c1-4-17-6-8-18(9-7-17)22-23-19-10-12-20(13-11-19)25-14-5-15-26-21(24)16(2)3/h6-13H,2,4-5,14-15H2,1,3H3. The van der Waals surface area contributed by atoms with Gasteiger partial charge in [-0.05, 0) is 55.3 Å². The molecule has 2 aromatic carbocycles. The molecule has 0 unspecified atom stereocenters. The molecule has 0 aliphatic rings. The number of esters is 1. The first-order valence-electron chi connectivity index (χ1n) is 8.64. The molecule has 0 radical (unpaired) electrons. The van der Waals surface area contributed by atoms with E-state index >= 15 is 0 Å². The van der Waals surface area contributed by atoms with Gasteiger partial charge in [-0.2, -0.15) is 10.2 Å². The van der Waals surface area contributed by atoms with Crippen molar-refractivity contribution in [1.82, 2.24) is 0 Å². The highest BCUT2D eigenvalue weighted by Crippen LogP contribution is 2.21. The van der Waals surface area contributed by atoms with Gasteiger partial charge >= 0.3 is 5.97 Å². The third kappa shape index (κ3) is 6.51. The number of carbonyl (C=O) groups is 1. The molecule has 0 spiro atoms. The lowest BCUT2D eigenvalue weighted by Gasteiger charge is -2.07. The van der Waals surface area contributed by atoms with Crippen LogP contribution in [0.5, 0.6) is 5.75 Å². The lowest BCUT2D eigenvalue weighted by atomic mass is 10.2. The molecule has 0 bridgehead atoms. The van der Waals surface area contributed by atoms with Crippen LogP contribution in [-0.4, -0.2) is 19.2 Å². The number of benzene rings is 2. The van der Waals surface area contributed by atoms with E-state index in [-0.39, 0.29) is 5.97 Å². The molecule has 0 heterocycles. The molecule has 0 aromatic heterocycles. The van der Waals surface area contributed by atoms with E-state index in [0.717, 1.165) is 23.5 Å². The van der Waals surface area contributed by atoms with E-state index in [0.29, 0.717) is 25.2 Å². The van der Waals surface area contributed by atoms with Gasteiger partial charge in [0.05, 0.1) is 24.6 Å². The first-order chi connectivity index (χ1) is 12.6. The van der Waals surface area contributed by atoms with Gasteiger partial charge in [0.1, 0.15) is 5.75 Å². The van der Waals surface area contributed by atoms with Gasteiger partial charge in [0.15, 0.2) is 0 Å². The zero-order valence-electron chi connectivity index (χ0n) is 15.3. The van der Waals surface area contributed by atoms with Crippen LogP contribution in [0.4, 0.5) is 11.4 Å². The van der Waals surface area contributed by atoms with Crippen molar-refractivity contribution in [3.8, 4) is 5.75 Å². The van der Waals surface area contributed by atoms with Gasteiger partial charge in [-0.15, -0.1) is 0 Å². The molecule has 136 valence electrons. The zero-order valence-corrected chi connectivity index (χ0v) is 15.3. The van der Waals surface area contributed by atoms with Gasteiger partial charge in [0.2, 0.25) is 0 Å². The van der Waals surface area contributed by atoms with Crippen LogP contribution in [0.25, 0.3) is 0 Å². The molecule has 2 aromatic rings. The van der Waals surface area contributed by atoms with Crippen LogP contribution >= 0.6 is 0 Å². The number of azo groups is 1. The summed E-state index contributed by atoms with van der Waals surface area (Å²) in [5.41, 5.74) is 3.26. The van der Waals surface area contributed by atoms with Crippen LogP contribution in [0.3, 0.4) is 0 Å². The van der Waals surface area contributed by atoms with Gasteiger partial charge in [0, 0.05) is 12.0 Å². The maximum absolute atomic E-state index is 11.2. The summed E-state index contributed by atoms with van der Waals surface area (Å²) in [5, 5.41) is 8.45. The van der Waals surface area contributed by atoms with Crippen molar-refractivity contribution in [3.05, 3.63) is 66.2 Å². The molecular weight excluding hydrogens is 328 g/mol. The Kier molecular flexibility index (Phi) is 7.55. The van der Waals surface area contributed by atoms with Crippen LogP contribution in [0, 0.1) is 0 Å². The Hall–Kier alpha value is -2.95. The molecule has 5 nitrogen and oxygen atoms in total. The Morgan fingerprint density at radius 1 is 0.962 bits per heavy atom. The Morgan fingerprint density at radius 2 is 1.54 bits per heavy atom. The predicted molar refractivity (Wildman–Crippen MR) is 102 cm³/mol. The summed E-state index contributed by atoms with van der Waals surface area (Å²) < 4.78 is 10.6. The van der Waals surface area contributed by atoms with Crippen molar-refractivity contribution in [2.45, 2.75) is 26.7 Å². The summed E-state index contributed by atoms with van der Waals surface area (Å²) in [6.45, 7) is 8.05. The molecule has 0 aliphatic carbocycles. The summed E-state index contributed by atoms with van der Waals surface area (Å²) >= 11 is 0. The average Bonchev–Trinajstić information content (AvgIpc) is 2.67. The molecule has 0 atom stereocenters. The Bertz CT molecular complexity index is 750. The number of nitrogens with zero attached hydrogens (tertiary/aromatic N) is 2. The van der Waals surface area contributed by atoms with E-state index in [2.05, 4.69) is 35.9 Å². The number of rotatable bonds is 9. The third-order valence-corrected chi connectivity index (χ3v) is 3.60. The summed E-state index contributed by atoms with van der Waals surface area (Å²) in [6, 6.07) is 15.4. The number of carbonyl (C=O) groups excluding carboxylic acids is 1. The first-order valence-corrected chi connectivity index (χ1v) is 8.64. The Balaban J connectivity index is 1.76. The second-order valence-electron chi connectivity index (χ2n) is 5.83. The topological polar surface area (TPSA) is 60.2 Å². The van der Waals surface area contributed by atoms with Crippen molar-refractivity contribution in [1.29, 1.82) is 0 Å². The number of ether oxygens (including phenoxy) is 2. The van der Waals surface area contributed by atoms with Crippen molar-refractivity contribution in [2.24, 2.45) is 10.2 Å². The third-order valence-electron chi connectivity index (χ3n) is 3.60. The Labute approximate surface area is 154 Å². The fourth-order valence-corrected chi connectivity index (χ4v) is 2.06. The molecule has 2 rings (SSSR count). The van der Waals surface area contributed by atoms with Crippen molar-refractivity contribution in [3.63, 3.8) is 0 Å². The second-order valence-corrected chi connectivity index (χ2v) is 5.83. The highest BCUT2D eigenvalue weighted by molar-refractivity contribution is 5.86.